The lowest BCUT2D eigenvalue weighted by molar-refractivity contribution is 0.477. The van der Waals surface area contributed by atoms with Crippen molar-refractivity contribution in [3.63, 3.8) is 0 Å². The fraction of sp³-hybridized carbons (Fsp3) is 0.467. The normalized spacial score (nSPS) is 12.6. The van der Waals surface area contributed by atoms with Crippen molar-refractivity contribution in [3.05, 3.63) is 47.5 Å². The third-order valence-electron chi connectivity index (χ3n) is 3.59. The monoisotopic (exact) mass is 273 g/mol. The van der Waals surface area contributed by atoms with Crippen LogP contribution in [0.2, 0.25) is 0 Å². The number of aryl methyl sites for hydroxylation is 3. The highest BCUT2D eigenvalue weighted by Crippen LogP contribution is 2.10. The van der Waals surface area contributed by atoms with E-state index in [-0.39, 0.29) is 6.04 Å². The Morgan fingerprint density at radius 1 is 1.45 bits per heavy atom. The van der Waals surface area contributed by atoms with Crippen molar-refractivity contribution in [3.8, 4) is 0 Å². The van der Waals surface area contributed by atoms with E-state index in [2.05, 4.69) is 34.6 Å². The minimum atomic E-state index is 0.246. The van der Waals surface area contributed by atoms with Gasteiger partial charge in [0.2, 0.25) is 0 Å². The first-order valence-corrected chi connectivity index (χ1v) is 7.09. The molecule has 0 amide bonds. The molecule has 108 valence electrons. The predicted molar refractivity (Wildman–Crippen MR) is 80.0 cm³/mol. The second-order valence-electron chi connectivity index (χ2n) is 5.07. The van der Waals surface area contributed by atoms with Gasteiger partial charge in [-0.1, -0.05) is 13.0 Å². The Balaban J connectivity index is 1.93. The molecule has 0 aliphatic heterocycles. The Labute approximate surface area is 120 Å². The van der Waals surface area contributed by atoms with Crippen LogP contribution in [0.5, 0.6) is 0 Å². The van der Waals surface area contributed by atoms with E-state index in [0.29, 0.717) is 0 Å². The standard InChI is InChI=1S/C15H23N5/c1-3-13-9-15(20(2)19-13)10-14(18-16)7-6-12-5-4-8-17-11-12/h4-5,8-9,11,14,18H,3,6-7,10,16H2,1-2H3. The summed E-state index contributed by atoms with van der Waals surface area (Å²) in [5.74, 6) is 5.68. The molecule has 0 fully saturated rings. The molecule has 1 unspecified atom stereocenters. The van der Waals surface area contributed by atoms with Gasteiger partial charge in [0.25, 0.3) is 0 Å². The highest BCUT2D eigenvalue weighted by Gasteiger charge is 2.12. The van der Waals surface area contributed by atoms with Crippen LogP contribution in [0.3, 0.4) is 0 Å². The van der Waals surface area contributed by atoms with E-state index in [4.69, 9.17) is 5.84 Å². The first-order valence-electron chi connectivity index (χ1n) is 7.09. The summed E-state index contributed by atoms with van der Waals surface area (Å²) < 4.78 is 1.95. The van der Waals surface area contributed by atoms with Gasteiger partial charge < -0.3 is 0 Å². The van der Waals surface area contributed by atoms with Crippen LogP contribution in [0.1, 0.15) is 30.3 Å². The number of nitrogens with zero attached hydrogens (tertiary/aromatic N) is 3. The van der Waals surface area contributed by atoms with E-state index in [0.717, 1.165) is 31.4 Å². The molecule has 0 aliphatic carbocycles. The number of hydrogen-bond donors (Lipinski definition) is 2. The van der Waals surface area contributed by atoms with Gasteiger partial charge in [0.05, 0.1) is 5.69 Å². The molecule has 0 aliphatic rings. The van der Waals surface area contributed by atoms with Crippen LogP contribution in [-0.4, -0.2) is 20.8 Å². The number of hydrazine groups is 1. The first kappa shape index (κ1) is 14.7. The molecule has 2 rings (SSSR count). The van der Waals surface area contributed by atoms with E-state index < -0.39 is 0 Å². The van der Waals surface area contributed by atoms with Crippen LogP contribution in [0.4, 0.5) is 0 Å². The lowest BCUT2D eigenvalue weighted by Crippen LogP contribution is -2.37. The van der Waals surface area contributed by atoms with Gasteiger partial charge in [0.15, 0.2) is 0 Å². The van der Waals surface area contributed by atoms with Crippen LogP contribution in [0, 0.1) is 0 Å². The molecule has 0 radical (unpaired) electrons. The van der Waals surface area contributed by atoms with Crippen molar-refractivity contribution < 1.29 is 0 Å². The third kappa shape index (κ3) is 3.88. The molecule has 0 aromatic carbocycles. The molecule has 2 heterocycles. The highest BCUT2D eigenvalue weighted by molar-refractivity contribution is 5.12. The predicted octanol–water partition coefficient (Wildman–Crippen LogP) is 1.38. The Hall–Kier alpha value is -1.72. The summed E-state index contributed by atoms with van der Waals surface area (Å²) in [6, 6.07) is 6.47. The van der Waals surface area contributed by atoms with Crippen molar-refractivity contribution in [2.75, 3.05) is 0 Å². The Bertz CT molecular complexity index is 520. The Kier molecular flexibility index (Phi) is 5.26. The van der Waals surface area contributed by atoms with Crippen molar-refractivity contribution >= 4 is 0 Å². The minimum Gasteiger partial charge on any atom is -0.272 e. The molecular formula is C15H23N5. The molecule has 0 saturated heterocycles. The summed E-state index contributed by atoms with van der Waals surface area (Å²) in [6.45, 7) is 2.12. The lowest BCUT2D eigenvalue weighted by Gasteiger charge is -2.15. The fourth-order valence-electron chi connectivity index (χ4n) is 2.32. The highest BCUT2D eigenvalue weighted by atomic mass is 15.3. The molecule has 0 spiro atoms. The van der Waals surface area contributed by atoms with Crippen LogP contribution in [0.15, 0.2) is 30.6 Å². The number of hydrogen-bond acceptors (Lipinski definition) is 4. The van der Waals surface area contributed by atoms with Gasteiger partial charge in [0.1, 0.15) is 0 Å². The van der Waals surface area contributed by atoms with Gasteiger partial charge in [-0.2, -0.15) is 5.10 Å². The average molecular weight is 273 g/mol. The molecule has 3 N–H and O–H groups in total. The van der Waals surface area contributed by atoms with Crippen molar-refractivity contribution in [1.82, 2.24) is 20.2 Å². The molecule has 2 aromatic rings. The maximum absolute atomic E-state index is 5.68. The second kappa shape index (κ2) is 7.17. The van der Waals surface area contributed by atoms with Gasteiger partial charge in [0, 0.05) is 37.6 Å². The van der Waals surface area contributed by atoms with Crippen LogP contribution < -0.4 is 11.3 Å². The number of nitrogens with one attached hydrogen (secondary N) is 1. The summed E-state index contributed by atoms with van der Waals surface area (Å²) in [7, 11) is 1.99. The van der Waals surface area contributed by atoms with Gasteiger partial charge in [-0.15, -0.1) is 0 Å². The summed E-state index contributed by atoms with van der Waals surface area (Å²) in [5, 5.41) is 4.47. The molecule has 0 saturated carbocycles. The van der Waals surface area contributed by atoms with Crippen LogP contribution in [-0.2, 0) is 26.3 Å². The van der Waals surface area contributed by atoms with Gasteiger partial charge >= 0.3 is 0 Å². The molecule has 5 nitrogen and oxygen atoms in total. The molecule has 5 heteroatoms. The molecule has 0 bridgehead atoms. The van der Waals surface area contributed by atoms with Crippen LogP contribution >= 0.6 is 0 Å². The van der Waals surface area contributed by atoms with E-state index in [1.165, 1.54) is 11.3 Å². The molecular weight excluding hydrogens is 250 g/mol. The van der Waals surface area contributed by atoms with Crippen molar-refractivity contribution in [2.24, 2.45) is 12.9 Å². The SMILES string of the molecule is CCc1cc(CC(CCc2cccnc2)NN)n(C)n1. The zero-order chi connectivity index (χ0) is 14.4. The maximum Gasteiger partial charge on any atom is 0.0624 e. The minimum absolute atomic E-state index is 0.246. The van der Waals surface area contributed by atoms with E-state index in [1.54, 1.807) is 6.20 Å². The quantitative estimate of drug-likeness (QED) is 0.591. The summed E-state index contributed by atoms with van der Waals surface area (Å²) in [5.41, 5.74) is 6.50. The Morgan fingerprint density at radius 3 is 2.90 bits per heavy atom. The number of rotatable bonds is 7. The van der Waals surface area contributed by atoms with E-state index in [1.807, 2.05) is 24.0 Å². The number of pyridine rings is 1. The third-order valence-corrected chi connectivity index (χ3v) is 3.59. The zero-order valence-corrected chi connectivity index (χ0v) is 12.2. The van der Waals surface area contributed by atoms with Crippen LogP contribution in [0.25, 0.3) is 0 Å². The van der Waals surface area contributed by atoms with E-state index in [9.17, 15) is 0 Å². The summed E-state index contributed by atoms with van der Waals surface area (Å²) in [6.07, 6.45) is 7.51. The van der Waals surface area contributed by atoms with Crippen molar-refractivity contribution in [1.29, 1.82) is 0 Å². The van der Waals surface area contributed by atoms with Gasteiger partial charge in [-0.3, -0.25) is 20.9 Å². The lowest BCUT2D eigenvalue weighted by atomic mass is 10.0. The summed E-state index contributed by atoms with van der Waals surface area (Å²) >= 11 is 0. The largest absolute Gasteiger partial charge is 0.272 e. The Morgan fingerprint density at radius 2 is 2.30 bits per heavy atom. The number of aromatic nitrogens is 3. The average Bonchev–Trinajstić information content (AvgIpc) is 2.84. The molecule has 2 aromatic heterocycles. The molecule has 20 heavy (non-hydrogen) atoms. The second-order valence-corrected chi connectivity index (χ2v) is 5.07. The smallest absolute Gasteiger partial charge is 0.0624 e. The van der Waals surface area contributed by atoms with Crippen molar-refractivity contribution in [2.45, 2.75) is 38.6 Å². The first-order chi connectivity index (χ1) is 9.72. The van der Waals surface area contributed by atoms with Gasteiger partial charge in [-0.05, 0) is 37.0 Å². The van der Waals surface area contributed by atoms with Gasteiger partial charge in [-0.25, -0.2) is 0 Å². The summed E-state index contributed by atoms with van der Waals surface area (Å²) in [4.78, 5) is 4.14. The topological polar surface area (TPSA) is 68.8 Å². The number of nitrogens with two attached hydrogens (primary N) is 1. The maximum atomic E-state index is 5.68. The zero-order valence-electron chi connectivity index (χ0n) is 12.2. The fourth-order valence-corrected chi connectivity index (χ4v) is 2.32. The van der Waals surface area contributed by atoms with E-state index >= 15 is 0 Å². The molecule has 1 atom stereocenters.